The number of amides is 1. The number of anilines is 1. The molecule has 1 aromatic carbocycles. The van der Waals surface area contributed by atoms with Gasteiger partial charge in [0.15, 0.2) is 28.0 Å². The lowest BCUT2D eigenvalue weighted by atomic mass is 10.1. The topological polar surface area (TPSA) is 152 Å². The van der Waals surface area contributed by atoms with Crippen LogP contribution >= 0.6 is 11.5 Å². The molecule has 2 heterocycles. The summed E-state index contributed by atoms with van der Waals surface area (Å²) in [7, 11) is -3.33. The maximum Gasteiger partial charge on any atom is 0.280 e. The number of oxime groups is 1. The highest BCUT2D eigenvalue weighted by molar-refractivity contribution is 7.92. The summed E-state index contributed by atoms with van der Waals surface area (Å²) in [4.78, 5) is 26.3. The number of carbonyl (C=O) groups is 1. The molecule has 11 nitrogen and oxygen atoms in total. The molecule has 156 valence electrons. The maximum atomic E-state index is 12.8. The van der Waals surface area contributed by atoms with E-state index in [-0.39, 0.29) is 22.5 Å². The number of H-pyrrole nitrogens is 1. The quantitative estimate of drug-likeness (QED) is 0.389. The molecule has 2 aromatic heterocycles. The zero-order valence-corrected chi connectivity index (χ0v) is 17.4. The van der Waals surface area contributed by atoms with Crippen LogP contribution in [0.5, 0.6) is 0 Å². The van der Waals surface area contributed by atoms with Gasteiger partial charge in [0.2, 0.25) is 5.13 Å². The first kappa shape index (κ1) is 20.1. The van der Waals surface area contributed by atoms with E-state index in [0.717, 1.165) is 11.5 Å². The number of hydrogen-bond acceptors (Lipinski definition) is 10. The predicted octanol–water partition coefficient (Wildman–Crippen LogP) is 1.46. The first-order valence-electron chi connectivity index (χ1n) is 8.93. The van der Waals surface area contributed by atoms with Gasteiger partial charge < -0.3 is 4.84 Å². The number of carbonyl (C=O) groups excluding carboxylic acids is 1. The normalized spacial score (nSPS) is 14.5. The minimum Gasteiger partial charge on any atom is -0.387 e. The third-order valence-electron chi connectivity index (χ3n) is 4.20. The van der Waals surface area contributed by atoms with Crippen LogP contribution in [0.3, 0.4) is 0 Å². The van der Waals surface area contributed by atoms with E-state index in [4.69, 9.17) is 4.84 Å². The average molecular weight is 448 g/mol. The monoisotopic (exact) mass is 447 g/mol. The van der Waals surface area contributed by atoms with E-state index in [0.29, 0.717) is 35.2 Å². The highest BCUT2D eigenvalue weighted by Gasteiger charge is 2.36. The molecule has 0 saturated heterocycles. The smallest absolute Gasteiger partial charge is 0.280 e. The van der Waals surface area contributed by atoms with Crippen molar-refractivity contribution in [3.63, 3.8) is 0 Å². The van der Waals surface area contributed by atoms with Crippen LogP contribution < -0.4 is 5.32 Å². The van der Waals surface area contributed by atoms with E-state index in [1.807, 2.05) is 0 Å². The maximum absolute atomic E-state index is 12.8. The van der Waals surface area contributed by atoms with Crippen molar-refractivity contribution in [3.8, 4) is 0 Å². The molecule has 0 unspecified atom stereocenters. The number of benzene rings is 1. The Morgan fingerprint density at radius 3 is 2.70 bits per heavy atom. The van der Waals surface area contributed by atoms with Gasteiger partial charge in [0.05, 0.1) is 10.1 Å². The van der Waals surface area contributed by atoms with E-state index in [9.17, 15) is 13.2 Å². The Morgan fingerprint density at radius 1 is 1.33 bits per heavy atom. The van der Waals surface area contributed by atoms with E-state index < -0.39 is 15.7 Å². The molecule has 0 spiro atoms. The molecule has 1 aliphatic rings. The minimum atomic E-state index is -3.33. The number of aryl methyl sites for hydroxylation is 1. The molecular formula is C17H17N7O4S2. The number of aromatic nitrogens is 5. The van der Waals surface area contributed by atoms with Gasteiger partial charge in [-0.05, 0) is 31.9 Å². The van der Waals surface area contributed by atoms with E-state index in [2.05, 4.69) is 35.0 Å². The average Bonchev–Trinajstić information content (AvgIpc) is 3.34. The molecule has 13 heteroatoms. The van der Waals surface area contributed by atoms with Crippen molar-refractivity contribution in [1.82, 2.24) is 24.5 Å². The fraction of sp³-hybridized carbons (Fsp3) is 0.294. The molecule has 3 aromatic rings. The van der Waals surface area contributed by atoms with E-state index in [1.54, 1.807) is 6.92 Å². The molecule has 30 heavy (non-hydrogen) atoms. The highest BCUT2D eigenvalue weighted by Crippen LogP contribution is 2.33. The van der Waals surface area contributed by atoms with Crippen molar-refractivity contribution in [1.29, 1.82) is 0 Å². The van der Waals surface area contributed by atoms with Gasteiger partial charge >= 0.3 is 0 Å². The number of sulfone groups is 1. The van der Waals surface area contributed by atoms with Crippen molar-refractivity contribution in [2.75, 3.05) is 5.32 Å². The molecular weight excluding hydrogens is 430 g/mol. The molecule has 4 rings (SSSR count). The molecule has 1 fully saturated rings. The lowest BCUT2D eigenvalue weighted by Crippen LogP contribution is -2.24. The fourth-order valence-electron chi connectivity index (χ4n) is 2.56. The lowest BCUT2D eigenvalue weighted by molar-refractivity contribution is -0.110. The molecule has 1 aliphatic carbocycles. The third kappa shape index (κ3) is 4.52. The molecule has 0 atom stereocenters. The lowest BCUT2D eigenvalue weighted by Gasteiger charge is -2.08. The zero-order chi connectivity index (χ0) is 21.1. The number of hydrogen-bond donors (Lipinski definition) is 2. The standard InChI is InChI=1S/C17H17N7O4S2/c1-10-20-17(29-24-10)21-16(25)15(23-28-8-14-18-9-19-22-14)11-2-4-12(5-3-11)30(26,27)13-6-7-13/h2-5,9,13H,6-8H2,1H3,(H,18,19,22)(H,20,21,24,25)/b23-15+. The van der Waals surface area contributed by atoms with Crippen LogP contribution in [0.15, 0.2) is 40.6 Å². The zero-order valence-electron chi connectivity index (χ0n) is 15.8. The summed E-state index contributed by atoms with van der Waals surface area (Å²) in [6.07, 6.45) is 2.68. The van der Waals surface area contributed by atoms with Gasteiger partial charge in [-0.1, -0.05) is 17.3 Å². The van der Waals surface area contributed by atoms with E-state index >= 15 is 0 Å². The SMILES string of the molecule is Cc1nsc(NC(=O)/C(=N/OCc2ncn[nH]2)c2ccc(S(=O)(=O)C3CC3)cc2)n1. The van der Waals surface area contributed by atoms with Crippen LogP contribution in [0.4, 0.5) is 5.13 Å². The largest absolute Gasteiger partial charge is 0.387 e. The van der Waals surface area contributed by atoms with Gasteiger partial charge in [-0.2, -0.15) is 9.47 Å². The van der Waals surface area contributed by atoms with Crippen LogP contribution in [0.25, 0.3) is 0 Å². The van der Waals surface area contributed by atoms with Crippen molar-refractivity contribution in [3.05, 3.63) is 47.8 Å². The molecule has 2 N–H and O–H groups in total. The van der Waals surface area contributed by atoms with E-state index in [1.165, 1.54) is 30.6 Å². The molecule has 1 amide bonds. The predicted molar refractivity (Wildman–Crippen MR) is 108 cm³/mol. The Labute approximate surface area is 175 Å². The van der Waals surface area contributed by atoms with Gasteiger partial charge in [-0.3, -0.25) is 15.2 Å². The number of nitrogens with zero attached hydrogens (tertiary/aromatic N) is 5. The van der Waals surface area contributed by atoms with Gasteiger partial charge in [-0.15, -0.1) is 0 Å². The second-order valence-corrected chi connectivity index (χ2v) is 9.50. The van der Waals surface area contributed by atoms with Crippen LogP contribution in [0.1, 0.15) is 30.1 Å². The Balaban J connectivity index is 1.57. The van der Waals surface area contributed by atoms with Crippen molar-refractivity contribution >= 4 is 38.1 Å². The summed E-state index contributed by atoms with van der Waals surface area (Å²) in [5.74, 6) is 0.399. The second kappa shape index (κ2) is 8.28. The number of aromatic amines is 1. The minimum absolute atomic E-state index is 0.0250. The van der Waals surface area contributed by atoms with Gasteiger partial charge in [-0.25, -0.2) is 18.4 Å². The van der Waals surface area contributed by atoms with Crippen molar-refractivity contribution < 1.29 is 18.0 Å². The van der Waals surface area contributed by atoms with Crippen LogP contribution in [-0.2, 0) is 26.1 Å². The van der Waals surface area contributed by atoms with Gasteiger partial charge in [0, 0.05) is 17.1 Å². The Hall–Kier alpha value is -3.19. The van der Waals surface area contributed by atoms with Gasteiger partial charge in [0.1, 0.15) is 12.2 Å². The third-order valence-corrected chi connectivity index (χ3v) is 7.20. The summed E-state index contributed by atoms with van der Waals surface area (Å²) < 4.78 is 28.8. The molecule has 0 aliphatic heterocycles. The summed E-state index contributed by atoms with van der Waals surface area (Å²) in [5.41, 5.74) is 0.346. The number of rotatable bonds is 8. The van der Waals surface area contributed by atoms with Crippen LogP contribution in [-0.4, -0.2) is 49.8 Å². The van der Waals surface area contributed by atoms with Crippen molar-refractivity contribution in [2.45, 2.75) is 36.5 Å². The summed E-state index contributed by atoms with van der Waals surface area (Å²) in [6.45, 7) is 1.68. The van der Waals surface area contributed by atoms with Crippen molar-refractivity contribution in [2.24, 2.45) is 5.16 Å². The van der Waals surface area contributed by atoms with Crippen LogP contribution in [0, 0.1) is 6.92 Å². The first-order chi connectivity index (χ1) is 14.4. The second-order valence-electron chi connectivity index (χ2n) is 6.52. The van der Waals surface area contributed by atoms with Crippen LogP contribution in [0.2, 0.25) is 0 Å². The summed E-state index contributed by atoms with van der Waals surface area (Å²) in [5, 5.41) is 12.9. The summed E-state index contributed by atoms with van der Waals surface area (Å²) >= 11 is 1.04. The van der Waals surface area contributed by atoms with Gasteiger partial charge in [0.25, 0.3) is 5.91 Å². The number of nitrogens with one attached hydrogen (secondary N) is 2. The highest BCUT2D eigenvalue weighted by atomic mass is 32.2. The summed E-state index contributed by atoms with van der Waals surface area (Å²) in [6, 6.07) is 5.99. The first-order valence-corrected chi connectivity index (χ1v) is 11.3. The Bertz CT molecular complexity index is 1170. The Morgan fingerprint density at radius 2 is 2.10 bits per heavy atom. The molecule has 0 bridgehead atoms. The molecule has 1 saturated carbocycles. The Kier molecular flexibility index (Phi) is 5.55. The molecule has 0 radical (unpaired) electrons. The fourth-order valence-corrected chi connectivity index (χ4v) is 4.79.